The second-order valence-electron chi connectivity index (χ2n) is 6.14. The number of hydrogen-bond donors (Lipinski definition) is 1. The van der Waals surface area contributed by atoms with Gasteiger partial charge < -0.3 is 9.84 Å². The summed E-state index contributed by atoms with van der Waals surface area (Å²) in [6, 6.07) is 25.8. The lowest BCUT2D eigenvalue weighted by Gasteiger charge is -2.29. The third-order valence-electron chi connectivity index (χ3n) is 4.38. The van der Waals surface area contributed by atoms with Crippen molar-refractivity contribution in [1.29, 1.82) is 0 Å². The minimum absolute atomic E-state index is 0.0488. The van der Waals surface area contributed by atoms with Crippen LogP contribution in [0.3, 0.4) is 0 Å². The van der Waals surface area contributed by atoms with Crippen molar-refractivity contribution in [2.75, 3.05) is 14.2 Å². The highest BCUT2D eigenvalue weighted by Crippen LogP contribution is 2.34. The molecule has 0 heterocycles. The van der Waals surface area contributed by atoms with Crippen molar-refractivity contribution in [1.82, 2.24) is 4.90 Å². The minimum atomic E-state index is -0.0488. The maximum absolute atomic E-state index is 10.4. The van der Waals surface area contributed by atoms with Crippen LogP contribution in [0.15, 0.2) is 78.9 Å². The molecule has 1 N–H and O–H groups in total. The van der Waals surface area contributed by atoms with Crippen LogP contribution >= 0.6 is 0 Å². The average molecular weight is 333 g/mol. The third-order valence-corrected chi connectivity index (χ3v) is 4.38. The predicted octanol–water partition coefficient (Wildman–Crippen LogP) is 4.62. The van der Waals surface area contributed by atoms with Gasteiger partial charge in [0, 0.05) is 12.1 Å². The Balaban J connectivity index is 1.97. The van der Waals surface area contributed by atoms with E-state index in [0.717, 1.165) is 23.4 Å². The molecule has 0 aliphatic carbocycles. The summed E-state index contributed by atoms with van der Waals surface area (Å²) in [6.45, 7) is 0.784. The fourth-order valence-electron chi connectivity index (χ4n) is 3.14. The lowest BCUT2D eigenvalue weighted by molar-refractivity contribution is 0.265. The molecule has 25 heavy (non-hydrogen) atoms. The Morgan fingerprint density at radius 2 is 1.52 bits per heavy atom. The lowest BCUT2D eigenvalue weighted by Crippen LogP contribution is -2.25. The molecule has 0 aliphatic heterocycles. The topological polar surface area (TPSA) is 32.7 Å². The minimum Gasteiger partial charge on any atom is -0.508 e. The van der Waals surface area contributed by atoms with Crippen molar-refractivity contribution in [3.63, 3.8) is 0 Å². The molecule has 3 nitrogen and oxygen atoms in total. The molecular weight excluding hydrogens is 310 g/mol. The van der Waals surface area contributed by atoms with Crippen LogP contribution in [0.5, 0.6) is 11.5 Å². The summed E-state index contributed by atoms with van der Waals surface area (Å²) >= 11 is 0. The molecule has 0 saturated heterocycles. The van der Waals surface area contributed by atoms with E-state index in [-0.39, 0.29) is 6.04 Å². The third kappa shape index (κ3) is 4.01. The van der Waals surface area contributed by atoms with Crippen LogP contribution in [-0.4, -0.2) is 24.2 Å². The van der Waals surface area contributed by atoms with Gasteiger partial charge in [0.05, 0.1) is 13.2 Å². The Morgan fingerprint density at radius 3 is 2.16 bits per heavy atom. The maximum atomic E-state index is 10.4. The molecule has 1 unspecified atom stereocenters. The number of para-hydroxylation sites is 1. The number of ether oxygens (including phenoxy) is 1. The first-order chi connectivity index (χ1) is 12.2. The van der Waals surface area contributed by atoms with Crippen molar-refractivity contribution < 1.29 is 9.84 Å². The molecule has 3 aromatic rings. The molecule has 0 fully saturated rings. The van der Waals surface area contributed by atoms with E-state index in [1.54, 1.807) is 13.2 Å². The van der Waals surface area contributed by atoms with E-state index >= 15 is 0 Å². The zero-order valence-corrected chi connectivity index (χ0v) is 14.6. The van der Waals surface area contributed by atoms with Crippen LogP contribution in [0, 0.1) is 0 Å². The van der Waals surface area contributed by atoms with Gasteiger partial charge in [0.15, 0.2) is 0 Å². The summed E-state index contributed by atoms with van der Waals surface area (Å²) in [5, 5.41) is 10.4. The SMILES string of the molecule is COc1ccc(C(c2ccccc2O)N(C)Cc2ccccc2)cc1. The monoisotopic (exact) mass is 333 g/mol. The molecule has 1 atom stereocenters. The Bertz CT molecular complexity index is 800. The normalized spacial score (nSPS) is 12.1. The van der Waals surface area contributed by atoms with Crippen LogP contribution in [0.4, 0.5) is 0 Å². The number of phenolic OH excluding ortho intramolecular Hbond substituents is 1. The van der Waals surface area contributed by atoms with E-state index in [2.05, 4.69) is 36.2 Å². The second kappa shape index (κ2) is 7.86. The molecule has 0 saturated carbocycles. The molecule has 0 amide bonds. The Morgan fingerprint density at radius 1 is 0.880 bits per heavy atom. The number of methoxy groups -OCH3 is 1. The Labute approximate surface area is 149 Å². The van der Waals surface area contributed by atoms with Crippen LogP contribution in [0.2, 0.25) is 0 Å². The zero-order valence-electron chi connectivity index (χ0n) is 14.6. The fourth-order valence-corrected chi connectivity index (χ4v) is 3.14. The smallest absolute Gasteiger partial charge is 0.120 e. The largest absolute Gasteiger partial charge is 0.508 e. The van der Waals surface area contributed by atoms with Gasteiger partial charge in [-0.25, -0.2) is 0 Å². The first-order valence-corrected chi connectivity index (χ1v) is 8.35. The predicted molar refractivity (Wildman–Crippen MR) is 101 cm³/mol. The molecule has 128 valence electrons. The highest BCUT2D eigenvalue weighted by atomic mass is 16.5. The molecule has 0 spiro atoms. The van der Waals surface area contributed by atoms with Crippen molar-refractivity contribution in [2.45, 2.75) is 12.6 Å². The molecule has 0 bridgehead atoms. The molecule has 0 aromatic heterocycles. The van der Waals surface area contributed by atoms with Crippen LogP contribution < -0.4 is 4.74 Å². The van der Waals surface area contributed by atoms with Gasteiger partial charge in [-0.05, 0) is 36.4 Å². The van der Waals surface area contributed by atoms with E-state index in [0.29, 0.717) is 5.75 Å². The lowest BCUT2D eigenvalue weighted by atomic mass is 9.96. The molecular formula is C22H23NO2. The molecule has 3 heteroatoms. The van der Waals surface area contributed by atoms with E-state index in [4.69, 9.17) is 4.74 Å². The quantitative estimate of drug-likeness (QED) is 0.714. The molecule has 3 aromatic carbocycles. The van der Waals surface area contributed by atoms with Crippen LogP contribution in [-0.2, 0) is 6.54 Å². The van der Waals surface area contributed by atoms with E-state index in [1.807, 2.05) is 48.5 Å². The number of benzene rings is 3. The van der Waals surface area contributed by atoms with Gasteiger partial charge in [-0.15, -0.1) is 0 Å². The van der Waals surface area contributed by atoms with Gasteiger partial charge in [-0.1, -0.05) is 60.7 Å². The van der Waals surface area contributed by atoms with Gasteiger partial charge in [0.1, 0.15) is 11.5 Å². The number of aromatic hydroxyl groups is 1. The molecule has 0 aliphatic rings. The van der Waals surface area contributed by atoms with Crippen molar-refractivity contribution in [2.24, 2.45) is 0 Å². The number of phenols is 1. The van der Waals surface area contributed by atoms with Gasteiger partial charge in [-0.3, -0.25) is 4.90 Å². The molecule has 3 rings (SSSR count). The number of rotatable bonds is 6. The summed E-state index contributed by atoms with van der Waals surface area (Å²) in [5.41, 5.74) is 3.24. The summed E-state index contributed by atoms with van der Waals surface area (Å²) in [4.78, 5) is 2.24. The van der Waals surface area contributed by atoms with Crippen LogP contribution in [0.25, 0.3) is 0 Å². The van der Waals surface area contributed by atoms with Gasteiger partial charge in [0.2, 0.25) is 0 Å². The summed E-state index contributed by atoms with van der Waals surface area (Å²) in [7, 11) is 3.74. The molecule has 0 radical (unpaired) electrons. The average Bonchev–Trinajstić information content (AvgIpc) is 2.65. The van der Waals surface area contributed by atoms with Gasteiger partial charge >= 0.3 is 0 Å². The van der Waals surface area contributed by atoms with Crippen molar-refractivity contribution >= 4 is 0 Å². The van der Waals surface area contributed by atoms with Gasteiger partial charge in [-0.2, -0.15) is 0 Å². The first kappa shape index (κ1) is 17.1. The highest BCUT2D eigenvalue weighted by molar-refractivity contribution is 5.42. The fraction of sp³-hybridized carbons (Fsp3) is 0.182. The maximum Gasteiger partial charge on any atom is 0.120 e. The first-order valence-electron chi connectivity index (χ1n) is 8.35. The van der Waals surface area contributed by atoms with E-state index < -0.39 is 0 Å². The van der Waals surface area contributed by atoms with Crippen molar-refractivity contribution in [3.8, 4) is 11.5 Å². The Hall–Kier alpha value is -2.78. The van der Waals surface area contributed by atoms with Crippen LogP contribution in [0.1, 0.15) is 22.7 Å². The summed E-state index contributed by atoms with van der Waals surface area (Å²) < 4.78 is 5.27. The van der Waals surface area contributed by atoms with E-state index in [1.165, 1.54) is 5.56 Å². The van der Waals surface area contributed by atoms with Gasteiger partial charge in [0.25, 0.3) is 0 Å². The van der Waals surface area contributed by atoms with Crippen molar-refractivity contribution in [3.05, 3.63) is 95.6 Å². The zero-order chi connectivity index (χ0) is 17.6. The summed E-state index contributed by atoms with van der Waals surface area (Å²) in [6.07, 6.45) is 0. The summed E-state index contributed by atoms with van der Waals surface area (Å²) in [5.74, 6) is 1.13. The number of nitrogens with zero attached hydrogens (tertiary/aromatic N) is 1. The van der Waals surface area contributed by atoms with E-state index in [9.17, 15) is 5.11 Å². The second-order valence-corrected chi connectivity index (χ2v) is 6.14. The Kier molecular flexibility index (Phi) is 5.36. The highest BCUT2D eigenvalue weighted by Gasteiger charge is 2.22. The number of hydrogen-bond acceptors (Lipinski definition) is 3. The standard InChI is InChI=1S/C22H23NO2/c1-23(16-17-8-4-3-5-9-17)22(20-10-6-7-11-21(20)24)18-12-14-19(25-2)15-13-18/h3-15,22,24H,16H2,1-2H3.